The molecule has 0 saturated heterocycles. The molecule has 1 N–H and O–H groups in total. The van der Waals surface area contributed by atoms with Crippen LogP contribution >= 0.6 is 12.6 Å². The summed E-state index contributed by atoms with van der Waals surface area (Å²) in [5.41, 5.74) is 0.226. The number of anilines is 1. The number of hydrogen-bond donors (Lipinski definition) is 2. The van der Waals surface area contributed by atoms with Crippen molar-refractivity contribution in [3.63, 3.8) is 0 Å². The topological polar surface area (TPSA) is 29.1 Å². The Kier molecular flexibility index (Phi) is 4.29. The highest BCUT2D eigenvalue weighted by molar-refractivity contribution is 7.81. The van der Waals surface area contributed by atoms with Crippen molar-refractivity contribution in [3.05, 3.63) is 29.8 Å². The van der Waals surface area contributed by atoms with Crippen LogP contribution in [-0.2, 0) is 4.79 Å². The van der Waals surface area contributed by atoms with Crippen LogP contribution in [0.4, 0.5) is 14.5 Å². The largest absolute Gasteiger partial charge is 0.325 e. The van der Waals surface area contributed by atoms with Crippen molar-refractivity contribution in [1.29, 1.82) is 0 Å². The van der Waals surface area contributed by atoms with Gasteiger partial charge in [0, 0.05) is 11.8 Å². The van der Waals surface area contributed by atoms with E-state index in [1.165, 1.54) is 6.07 Å². The Balaban J connectivity index is 2.74. The second kappa shape index (κ2) is 5.30. The third-order valence-electron chi connectivity index (χ3n) is 2.09. The van der Waals surface area contributed by atoms with Crippen LogP contribution in [0, 0.1) is 17.6 Å². The lowest BCUT2D eigenvalue weighted by Gasteiger charge is -2.14. The van der Waals surface area contributed by atoms with Crippen molar-refractivity contribution in [3.8, 4) is 0 Å². The summed E-state index contributed by atoms with van der Waals surface area (Å²) < 4.78 is 25.5. The van der Waals surface area contributed by atoms with E-state index < -0.39 is 16.9 Å². The molecular formula is C11H13F2NOS. The SMILES string of the molecule is CC(C)C(S)C(=O)Nc1ccc(F)c(F)c1. The molecule has 1 unspecified atom stereocenters. The number of amides is 1. The van der Waals surface area contributed by atoms with Crippen LogP contribution in [0.15, 0.2) is 18.2 Å². The van der Waals surface area contributed by atoms with Gasteiger partial charge in [-0.3, -0.25) is 4.79 Å². The number of benzene rings is 1. The summed E-state index contributed by atoms with van der Waals surface area (Å²) in [7, 11) is 0. The Morgan fingerprint density at radius 1 is 1.31 bits per heavy atom. The lowest BCUT2D eigenvalue weighted by Crippen LogP contribution is -2.27. The molecule has 1 rings (SSSR count). The van der Waals surface area contributed by atoms with Gasteiger partial charge in [0.25, 0.3) is 0 Å². The zero-order chi connectivity index (χ0) is 12.3. The van der Waals surface area contributed by atoms with E-state index in [9.17, 15) is 13.6 Å². The van der Waals surface area contributed by atoms with Gasteiger partial charge in [-0.25, -0.2) is 8.78 Å². The molecule has 5 heteroatoms. The number of nitrogens with one attached hydrogen (secondary N) is 1. The second-order valence-corrected chi connectivity index (χ2v) is 4.36. The van der Waals surface area contributed by atoms with E-state index in [0.29, 0.717) is 0 Å². The average molecular weight is 245 g/mol. The average Bonchev–Trinajstić information content (AvgIpc) is 2.22. The van der Waals surface area contributed by atoms with Crippen molar-refractivity contribution >= 4 is 24.2 Å². The van der Waals surface area contributed by atoms with Crippen LogP contribution in [0.5, 0.6) is 0 Å². The summed E-state index contributed by atoms with van der Waals surface area (Å²) in [5.74, 6) is -2.19. The molecule has 16 heavy (non-hydrogen) atoms. The predicted molar refractivity (Wildman–Crippen MR) is 62.6 cm³/mol. The fourth-order valence-corrected chi connectivity index (χ4v) is 1.16. The van der Waals surface area contributed by atoms with Gasteiger partial charge < -0.3 is 5.32 Å². The van der Waals surface area contributed by atoms with Gasteiger partial charge in [-0.1, -0.05) is 13.8 Å². The van der Waals surface area contributed by atoms with Crippen molar-refractivity contribution in [1.82, 2.24) is 0 Å². The van der Waals surface area contributed by atoms with Crippen LogP contribution in [0.25, 0.3) is 0 Å². The molecular weight excluding hydrogens is 232 g/mol. The number of carbonyl (C=O) groups is 1. The maximum absolute atomic E-state index is 12.8. The van der Waals surface area contributed by atoms with Gasteiger partial charge in [-0.2, -0.15) is 12.6 Å². The quantitative estimate of drug-likeness (QED) is 0.788. The van der Waals surface area contributed by atoms with Crippen molar-refractivity contribution in [2.75, 3.05) is 5.32 Å². The minimum Gasteiger partial charge on any atom is -0.325 e. The summed E-state index contributed by atoms with van der Waals surface area (Å²) >= 11 is 4.12. The predicted octanol–water partition coefficient (Wildman–Crippen LogP) is 2.86. The summed E-state index contributed by atoms with van der Waals surface area (Å²) in [4.78, 5) is 11.5. The number of hydrogen-bond acceptors (Lipinski definition) is 2. The van der Waals surface area contributed by atoms with Gasteiger partial charge in [0.2, 0.25) is 5.91 Å². The van der Waals surface area contributed by atoms with Crippen LogP contribution in [0.3, 0.4) is 0 Å². The summed E-state index contributed by atoms with van der Waals surface area (Å²) in [5, 5.41) is 1.99. The fourth-order valence-electron chi connectivity index (χ4n) is 1.09. The van der Waals surface area contributed by atoms with E-state index >= 15 is 0 Å². The Hall–Kier alpha value is -1.10. The molecule has 1 amide bonds. The number of rotatable bonds is 3. The molecule has 1 atom stereocenters. The molecule has 0 spiro atoms. The maximum Gasteiger partial charge on any atom is 0.237 e. The first-order chi connectivity index (χ1) is 7.41. The van der Waals surface area contributed by atoms with Gasteiger partial charge >= 0.3 is 0 Å². The van der Waals surface area contributed by atoms with E-state index in [1.54, 1.807) is 0 Å². The first-order valence-electron chi connectivity index (χ1n) is 4.86. The van der Waals surface area contributed by atoms with E-state index in [-0.39, 0.29) is 17.5 Å². The Bertz CT molecular complexity index is 396. The van der Waals surface area contributed by atoms with Gasteiger partial charge in [0.15, 0.2) is 11.6 Å². The molecule has 1 aromatic carbocycles. The molecule has 0 aromatic heterocycles. The smallest absolute Gasteiger partial charge is 0.237 e. The van der Waals surface area contributed by atoms with Crippen molar-refractivity contribution < 1.29 is 13.6 Å². The van der Waals surface area contributed by atoms with Gasteiger partial charge in [-0.15, -0.1) is 0 Å². The molecule has 1 aromatic rings. The Morgan fingerprint density at radius 3 is 2.44 bits per heavy atom. The third kappa shape index (κ3) is 3.20. The van der Waals surface area contributed by atoms with Crippen LogP contribution in [0.2, 0.25) is 0 Å². The highest BCUT2D eigenvalue weighted by Crippen LogP contribution is 2.16. The molecule has 0 saturated carbocycles. The summed E-state index contributed by atoms with van der Waals surface area (Å²) in [6.07, 6.45) is 0. The normalized spacial score (nSPS) is 12.6. The Morgan fingerprint density at radius 2 is 1.94 bits per heavy atom. The lowest BCUT2D eigenvalue weighted by molar-refractivity contribution is -0.116. The van der Waals surface area contributed by atoms with Crippen LogP contribution < -0.4 is 5.32 Å². The van der Waals surface area contributed by atoms with Crippen LogP contribution in [0.1, 0.15) is 13.8 Å². The number of thiol groups is 1. The molecule has 2 nitrogen and oxygen atoms in total. The van der Waals surface area contributed by atoms with E-state index in [1.807, 2.05) is 13.8 Å². The number of carbonyl (C=O) groups excluding carboxylic acids is 1. The zero-order valence-electron chi connectivity index (χ0n) is 9.00. The van der Waals surface area contributed by atoms with Crippen LogP contribution in [-0.4, -0.2) is 11.2 Å². The first-order valence-corrected chi connectivity index (χ1v) is 5.37. The molecule has 0 heterocycles. The summed E-state index contributed by atoms with van der Waals surface area (Å²) in [6, 6.07) is 3.21. The van der Waals surface area contributed by atoms with Gasteiger partial charge in [0.1, 0.15) is 0 Å². The minimum atomic E-state index is -0.988. The molecule has 88 valence electrons. The van der Waals surface area contributed by atoms with Gasteiger partial charge in [-0.05, 0) is 18.1 Å². The third-order valence-corrected chi connectivity index (χ3v) is 2.92. The fraction of sp³-hybridized carbons (Fsp3) is 0.364. The Labute approximate surface area is 98.5 Å². The molecule has 0 bridgehead atoms. The zero-order valence-corrected chi connectivity index (χ0v) is 9.89. The van der Waals surface area contributed by atoms with E-state index in [2.05, 4.69) is 17.9 Å². The first kappa shape index (κ1) is 13.0. The number of halogens is 2. The summed E-state index contributed by atoms with van der Waals surface area (Å²) in [6.45, 7) is 3.70. The molecule has 0 fully saturated rings. The van der Waals surface area contributed by atoms with E-state index in [0.717, 1.165) is 12.1 Å². The van der Waals surface area contributed by atoms with Crippen molar-refractivity contribution in [2.24, 2.45) is 5.92 Å². The standard InChI is InChI=1S/C11H13F2NOS/c1-6(2)10(16)11(15)14-7-3-4-8(12)9(13)5-7/h3-6,10,16H,1-2H3,(H,14,15). The molecule has 0 aliphatic rings. The lowest BCUT2D eigenvalue weighted by atomic mass is 10.1. The molecule has 0 aliphatic carbocycles. The second-order valence-electron chi connectivity index (χ2n) is 3.81. The maximum atomic E-state index is 12.8. The van der Waals surface area contributed by atoms with Gasteiger partial charge in [0.05, 0.1) is 5.25 Å². The van der Waals surface area contributed by atoms with E-state index in [4.69, 9.17) is 0 Å². The highest BCUT2D eigenvalue weighted by Gasteiger charge is 2.17. The van der Waals surface area contributed by atoms with Crippen molar-refractivity contribution in [2.45, 2.75) is 19.1 Å². The molecule has 0 aliphatic heterocycles. The highest BCUT2D eigenvalue weighted by atomic mass is 32.1. The monoisotopic (exact) mass is 245 g/mol. The minimum absolute atomic E-state index is 0.0635. The molecule has 0 radical (unpaired) electrons.